The second-order valence-corrected chi connectivity index (χ2v) is 6.00. The summed E-state index contributed by atoms with van der Waals surface area (Å²) < 4.78 is 0. The van der Waals surface area contributed by atoms with Gasteiger partial charge in [-0.25, -0.2) is 0 Å². The largest absolute Gasteiger partial charge is 0.388 e. The second-order valence-electron chi connectivity index (χ2n) is 6.00. The van der Waals surface area contributed by atoms with Crippen molar-refractivity contribution in [3.8, 4) is 0 Å². The first-order valence-electron chi connectivity index (χ1n) is 7.47. The zero-order valence-electron chi connectivity index (χ0n) is 12.8. The Morgan fingerprint density at radius 3 is 2.25 bits per heavy atom. The van der Waals surface area contributed by atoms with Gasteiger partial charge in [-0.05, 0) is 43.9 Å². The minimum Gasteiger partial charge on any atom is -0.388 e. The van der Waals surface area contributed by atoms with Gasteiger partial charge in [-0.1, -0.05) is 17.7 Å². The van der Waals surface area contributed by atoms with Crippen molar-refractivity contribution in [3.63, 3.8) is 0 Å². The van der Waals surface area contributed by atoms with Gasteiger partial charge in [0.05, 0.1) is 6.10 Å². The van der Waals surface area contributed by atoms with Gasteiger partial charge in [0, 0.05) is 32.5 Å². The number of carbonyl (C=O) groups is 1. The number of nitrogens with zero attached hydrogens (tertiary/aromatic N) is 1. The molecule has 1 heterocycles. The van der Waals surface area contributed by atoms with Crippen LogP contribution in [0.3, 0.4) is 0 Å². The number of aliphatic hydroxyl groups excluding tert-OH is 1. The first-order valence-corrected chi connectivity index (χ1v) is 7.47. The zero-order valence-corrected chi connectivity index (χ0v) is 12.8. The number of likely N-dealkylation sites (tertiary alicyclic amines) is 1. The second kappa shape index (κ2) is 6.51. The Kier molecular flexibility index (Phi) is 4.95. The Bertz CT molecular complexity index is 463. The third-order valence-corrected chi connectivity index (χ3v) is 4.20. The van der Waals surface area contributed by atoms with E-state index in [2.05, 4.69) is 37.8 Å². The highest BCUT2D eigenvalue weighted by atomic mass is 16.3. The molecule has 1 N–H and O–H groups in total. The van der Waals surface area contributed by atoms with E-state index >= 15 is 0 Å². The van der Waals surface area contributed by atoms with Crippen LogP contribution >= 0.6 is 0 Å². The lowest BCUT2D eigenvalue weighted by Crippen LogP contribution is -2.35. The summed E-state index contributed by atoms with van der Waals surface area (Å²) in [6.45, 7) is 8.77. The fourth-order valence-corrected chi connectivity index (χ4v) is 3.19. The number of Topliss-reactive ketones (excluding diaryl/α,β-unsaturated/α-hetero) is 1. The van der Waals surface area contributed by atoms with E-state index in [4.69, 9.17) is 0 Å². The fourth-order valence-electron chi connectivity index (χ4n) is 3.19. The van der Waals surface area contributed by atoms with Crippen LogP contribution in [0.2, 0.25) is 0 Å². The van der Waals surface area contributed by atoms with Crippen LogP contribution in [0.5, 0.6) is 0 Å². The van der Waals surface area contributed by atoms with Crippen molar-refractivity contribution >= 4 is 5.78 Å². The minimum absolute atomic E-state index is 0.368. The van der Waals surface area contributed by atoms with Gasteiger partial charge in [-0.2, -0.15) is 0 Å². The van der Waals surface area contributed by atoms with Crippen molar-refractivity contribution in [1.29, 1.82) is 0 Å². The van der Waals surface area contributed by atoms with Crippen molar-refractivity contribution in [3.05, 3.63) is 34.4 Å². The van der Waals surface area contributed by atoms with E-state index in [1.807, 2.05) is 0 Å². The van der Waals surface area contributed by atoms with Crippen molar-refractivity contribution in [2.24, 2.45) is 0 Å². The number of hydrogen-bond donors (Lipinski definition) is 1. The van der Waals surface area contributed by atoms with Gasteiger partial charge in [0.1, 0.15) is 5.78 Å². The number of piperidine rings is 1. The molecular weight excluding hydrogens is 250 g/mol. The molecular formula is C17H25NO2. The van der Waals surface area contributed by atoms with Crippen LogP contribution in [0.1, 0.15) is 47.6 Å². The molecule has 1 aromatic rings. The Morgan fingerprint density at radius 2 is 1.70 bits per heavy atom. The van der Waals surface area contributed by atoms with E-state index < -0.39 is 6.10 Å². The van der Waals surface area contributed by atoms with E-state index in [1.165, 1.54) is 16.7 Å². The monoisotopic (exact) mass is 275 g/mol. The van der Waals surface area contributed by atoms with Crippen LogP contribution in [-0.2, 0) is 4.79 Å². The maximum absolute atomic E-state index is 11.2. The number of hydrogen-bond acceptors (Lipinski definition) is 3. The molecule has 3 heteroatoms. The van der Waals surface area contributed by atoms with Crippen LogP contribution in [0.15, 0.2) is 12.1 Å². The van der Waals surface area contributed by atoms with Gasteiger partial charge in [0.15, 0.2) is 0 Å². The van der Waals surface area contributed by atoms with Crippen molar-refractivity contribution in [2.45, 2.75) is 46.1 Å². The first kappa shape index (κ1) is 15.2. The summed E-state index contributed by atoms with van der Waals surface area (Å²) >= 11 is 0. The molecule has 2 rings (SSSR count). The topological polar surface area (TPSA) is 40.5 Å². The molecule has 1 aliphatic heterocycles. The molecule has 0 radical (unpaired) electrons. The van der Waals surface area contributed by atoms with Gasteiger partial charge in [-0.3, -0.25) is 4.79 Å². The van der Waals surface area contributed by atoms with Crippen LogP contribution in [0, 0.1) is 20.8 Å². The first-order chi connectivity index (χ1) is 9.47. The molecule has 20 heavy (non-hydrogen) atoms. The number of carbonyl (C=O) groups excluding carboxylic acids is 1. The highest BCUT2D eigenvalue weighted by Gasteiger charge is 2.19. The molecule has 1 aromatic carbocycles. The van der Waals surface area contributed by atoms with Crippen molar-refractivity contribution in [1.82, 2.24) is 4.90 Å². The van der Waals surface area contributed by atoms with E-state index in [0.717, 1.165) is 31.6 Å². The molecule has 0 spiro atoms. The van der Waals surface area contributed by atoms with E-state index in [9.17, 15) is 9.90 Å². The van der Waals surface area contributed by atoms with Gasteiger partial charge in [0.25, 0.3) is 0 Å². The SMILES string of the molecule is Cc1cc(C)c(C(O)CCN2CCC(=O)CC2)c(C)c1. The van der Waals surface area contributed by atoms with Gasteiger partial charge >= 0.3 is 0 Å². The molecule has 0 bridgehead atoms. The van der Waals surface area contributed by atoms with Crippen molar-refractivity contribution < 1.29 is 9.90 Å². The lowest BCUT2D eigenvalue weighted by molar-refractivity contribution is -0.121. The Balaban J connectivity index is 1.95. The van der Waals surface area contributed by atoms with Crippen LogP contribution in [-0.4, -0.2) is 35.4 Å². The van der Waals surface area contributed by atoms with Gasteiger partial charge in [0.2, 0.25) is 0 Å². The number of rotatable bonds is 4. The third kappa shape index (κ3) is 3.68. The standard InChI is InChI=1S/C17H25NO2/c1-12-10-13(2)17(14(3)11-12)16(20)6-9-18-7-4-15(19)5-8-18/h10-11,16,20H,4-9H2,1-3H3. The Hall–Kier alpha value is -1.19. The van der Waals surface area contributed by atoms with Gasteiger partial charge < -0.3 is 10.0 Å². The third-order valence-electron chi connectivity index (χ3n) is 4.20. The van der Waals surface area contributed by atoms with Gasteiger partial charge in [-0.15, -0.1) is 0 Å². The number of aliphatic hydroxyl groups is 1. The van der Waals surface area contributed by atoms with Crippen LogP contribution in [0.25, 0.3) is 0 Å². The molecule has 0 amide bonds. The average molecular weight is 275 g/mol. The van der Waals surface area contributed by atoms with Crippen LogP contribution in [0.4, 0.5) is 0 Å². The summed E-state index contributed by atoms with van der Waals surface area (Å²) in [5, 5.41) is 10.5. The highest BCUT2D eigenvalue weighted by molar-refractivity contribution is 5.79. The lowest BCUT2D eigenvalue weighted by Gasteiger charge is -2.27. The van der Waals surface area contributed by atoms with Crippen molar-refractivity contribution in [2.75, 3.05) is 19.6 Å². The predicted molar refractivity (Wildman–Crippen MR) is 80.9 cm³/mol. The Labute approximate surface area is 121 Å². The van der Waals surface area contributed by atoms with E-state index in [0.29, 0.717) is 18.6 Å². The molecule has 1 aliphatic rings. The predicted octanol–water partition coefficient (Wildman–Crippen LogP) is 2.70. The van der Waals surface area contributed by atoms with Crippen LogP contribution < -0.4 is 0 Å². The summed E-state index contributed by atoms with van der Waals surface area (Å²) in [5.74, 6) is 0.368. The molecule has 0 aromatic heterocycles. The molecule has 1 saturated heterocycles. The number of ketones is 1. The lowest BCUT2D eigenvalue weighted by atomic mass is 9.94. The van der Waals surface area contributed by atoms with E-state index in [1.54, 1.807) is 0 Å². The minimum atomic E-state index is -0.409. The quantitative estimate of drug-likeness (QED) is 0.918. The normalized spacial score (nSPS) is 18.3. The number of benzene rings is 1. The summed E-state index contributed by atoms with van der Waals surface area (Å²) in [6.07, 6.45) is 1.66. The summed E-state index contributed by atoms with van der Waals surface area (Å²) in [5.41, 5.74) is 4.65. The maximum Gasteiger partial charge on any atom is 0.135 e. The molecule has 1 unspecified atom stereocenters. The summed E-state index contributed by atoms with van der Waals surface area (Å²) in [7, 11) is 0. The summed E-state index contributed by atoms with van der Waals surface area (Å²) in [6, 6.07) is 4.26. The molecule has 0 saturated carbocycles. The molecule has 110 valence electrons. The number of aryl methyl sites for hydroxylation is 3. The Morgan fingerprint density at radius 1 is 1.15 bits per heavy atom. The summed E-state index contributed by atoms with van der Waals surface area (Å²) in [4.78, 5) is 13.5. The molecule has 1 atom stereocenters. The maximum atomic E-state index is 11.2. The fraction of sp³-hybridized carbons (Fsp3) is 0.588. The highest BCUT2D eigenvalue weighted by Crippen LogP contribution is 2.26. The molecule has 3 nitrogen and oxygen atoms in total. The molecule has 0 aliphatic carbocycles. The zero-order chi connectivity index (χ0) is 14.7. The smallest absolute Gasteiger partial charge is 0.135 e. The average Bonchev–Trinajstić information content (AvgIpc) is 2.37. The molecule has 1 fully saturated rings. The van der Waals surface area contributed by atoms with E-state index in [-0.39, 0.29) is 0 Å².